The van der Waals surface area contributed by atoms with Crippen molar-refractivity contribution in [2.75, 3.05) is 13.2 Å². The quantitative estimate of drug-likeness (QED) is 0.0101. The molecule has 19 heteroatoms. The molecule has 7 N–H and O–H groups in total. The van der Waals surface area contributed by atoms with Crippen LogP contribution in [0.1, 0.15) is 155 Å². The molecule has 1 saturated carbocycles. The first-order valence-electron chi connectivity index (χ1n) is 24.0. The van der Waals surface area contributed by atoms with Gasteiger partial charge in [0, 0.05) is 12.8 Å². The van der Waals surface area contributed by atoms with E-state index in [-0.39, 0.29) is 12.8 Å². The van der Waals surface area contributed by atoms with Gasteiger partial charge in [-0.2, -0.15) is 0 Å². The first kappa shape index (κ1) is 59.8. The van der Waals surface area contributed by atoms with E-state index in [0.717, 1.165) is 70.6 Å². The molecule has 7 unspecified atom stereocenters. The fourth-order valence-electron chi connectivity index (χ4n) is 7.14. The van der Waals surface area contributed by atoms with E-state index in [2.05, 4.69) is 67.0 Å². The van der Waals surface area contributed by atoms with E-state index in [4.69, 9.17) is 23.3 Å². The number of ether oxygens (including phenoxy) is 3. The molecule has 1 aliphatic heterocycles. The lowest BCUT2D eigenvalue weighted by molar-refractivity contribution is -0.216. The van der Waals surface area contributed by atoms with Gasteiger partial charge in [0.05, 0.1) is 18.8 Å². The maximum absolute atomic E-state index is 13.0. The van der Waals surface area contributed by atoms with Crippen LogP contribution in [0.15, 0.2) is 60.8 Å². The maximum Gasteiger partial charge on any atom is 0.472 e. The highest BCUT2D eigenvalue weighted by molar-refractivity contribution is 7.47. The van der Waals surface area contributed by atoms with Gasteiger partial charge in [-0.05, 0) is 77.0 Å². The molecule has 2 fully saturated rings. The highest BCUT2D eigenvalue weighted by atomic mass is 31.2. The van der Waals surface area contributed by atoms with E-state index in [0.29, 0.717) is 31.5 Å². The summed E-state index contributed by atoms with van der Waals surface area (Å²) in [4.78, 5) is 54.3. The van der Waals surface area contributed by atoms with E-state index in [1.54, 1.807) is 0 Å². The van der Waals surface area contributed by atoms with Gasteiger partial charge in [0.15, 0.2) is 6.10 Å². The molecular formula is C47H80O17P2. The van der Waals surface area contributed by atoms with Crippen molar-refractivity contribution in [2.45, 2.75) is 210 Å². The van der Waals surface area contributed by atoms with E-state index < -0.39 is 83.5 Å². The van der Waals surface area contributed by atoms with Crippen LogP contribution in [-0.4, -0.2) is 115 Å². The summed E-state index contributed by atoms with van der Waals surface area (Å²) in [6, 6.07) is 0. The first-order valence-corrected chi connectivity index (χ1v) is 27.0. The van der Waals surface area contributed by atoms with Crippen molar-refractivity contribution in [2.24, 2.45) is 0 Å². The van der Waals surface area contributed by atoms with Crippen molar-refractivity contribution in [3.63, 3.8) is 0 Å². The largest absolute Gasteiger partial charge is 0.472 e. The number of aliphatic hydroxyl groups is 4. The highest BCUT2D eigenvalue weighted by Crippen LogP contribution is 2.49. The lowest BCUT2D eigenvalue weighted by Gasteiger charge is -2.43. The zero-order valence-electron chi connectivity index (χ0n) is 39.0. The minimum Gasteiger partial charge on any atom is -0.462 e. The maximum atomic E-state index is 13.0. The zero-order chi connectivity index (χ0) is 48.6. The molecule has 17 nitrogen and oxygen atoms in total. The van der Waals surface area contributed by atoms with Gasteiger partial charge in [-0.25, -0.2) is 9.13 Å². The molecule has 0 bridgehead atoms. The Labute approximate surface area is 392 Å². The minimum absolute atomic E-state index is 0.0412. The molecule has 2 rings (SSSR count). The Hall–Kier alpha value is -2.34. The summed E-state index contributed by atoms with van der Waals surface area (Å²) in [6.07, 6.45) is 26.4. The molecule has 66 heavy (non-hydrogen) atoms. The molecule has 10 atom stereocenters. The second kappa shape index (κ2) is 34.9. The van der Waals surface area contributed by atoms with E-state index in [9.17, 15) is 53.8 Å². The normalized spacial score (nSPS) is 25.1. The number of phosphoric ester groups is 2. The molecule has 0 aromatic carbocycles. The number of rotatable bonds is 38. The van der Waals surface area contributed by atoms with Crippen LogP contribution in [0.5, 0.6) is 0 Å². The summed E-state index contributed by atoms with van der Waals surface area (Å²) in [5.74, 6) is -1.30. The Kier molecular flexibility index (Phi) is 31.6. The van der Waals surface area contributed by atoms with Gasteiger partial charge in [-0.1, -0.05) is 126 Å². The molecule has 0 aromatic rings. The Bertz CT molecular complexity index is 1580. The third-order valence-corrected chi connectivity index (χ3v) is 12.5. The van der Waals surface area contributed by atoms with Crippen molar-refractivity contribution >= 4 is 27.6 Å². The summed E-state index contributed by atoms with van der Waals surface area (Å²) in [7, 11) is -10.7. The molecule has 380 valence electrons. The van der Waals surface area contributed by atoms with Crippen molar-refractivity contribution < 1.29 is 81.6 Å². The number of epoxide rings is 1. The summed E-state index contributed by atoms with van der Waals surface area (Å²) in [5, 5.41) is 41.2. The number of allylic oxidation sites excluding steroid dienone is 9. The van der Waals surface area contributed by atoms with E-state index >= 15 is 0 Å². The van der Waals surface area contributed by atoms with Gasteiger partial charge >= 0.3 is 27.6 Å². The highest BCUT2D eigenvalue weighted by Gasteiger charge is 2.54. The third kappa shape index (κ3) is 28.2. The van der Waals surface area contributed by atoms with Crippen LogP contribution < -0.4 is 0 Å². The van der Waals surface area contributed by atoms with Crippen LogP contribution in [-0.2, 0) is 46.5 Å². The average molecular weight is 979 g/mol. The van der Waals surface area contributed by atoms with Crippen molar-refractivity contribution in [1.29, 1.82) is 0 Å². The second-order valence-electron chi connectivity index (χ2n) is 16.9. The van der Waals surface area contributed by atoms with Gasteiger partial charge in [0.25, 0.3) is 0 Å². The molecule has 1 aliphatic carbocycles. The predicted molar refractivity (Wildman–Crippen MR) is 250 cm³/mol. The SMILES string of the molecule is CCCCC/C=C\C/C=C\CCCCCCCC(=O)OC[C@H](COP(=O)(O)O[C@H]1C(O)C(O)C(O)[C@@H](OP(=O)(O)O)C1O)OC(=O)CCC/C=C\C/C=C\C/C=C\CC1OC1CCCCC. The fraction of sp³-hybridized carbons (Fsp3) is 0.745. The summed E-state index contributed by atoms with van der Waals surface area (Å²) >= 11 is 0. The molecule has 0 radical (unpaired) electrons. The number of phosphoric acid groups is 2. The van der Waals surface area contributed by atoms with Crippen molar-refractivity contribution in [1.82, 2.24) is 0 Å². The summed E-state index contributed by atoms with van der Waals surface area (Å²) < 4.78 is 55.0. The minimum atomic E-state index is -5.37. The van der Waals surface area contributed by atoms with Crippen LogP contribution in [0.25, 0.3) is 0 Å². The predicted octanol–water partition coefficient (Wildman–Crippen LogP) is 8.05. The number of hydrogen-bond acceptors (Lipinski definition) is 14. The molecule has 0 amide bonds. The Morgan fingerprint density at radius 3 is 1.70 bits per heavy atom. The molecule has 0 aromatic heterocycles. The third-order valence-electron chi connectivity index (χ3n) is 11.0. The zero-order valence-corrected chi connectivity index (χ0v) is 40.8. The van der Waals surface area contributed by atoms with Crippen molar-refractivity contribution in [3.05, 3.63) is 60.8 Å². The molecule has 0 spiro atoms. The Morgan fingerprint density at radius 2 is 1.08 bits per heavy atom. The number of hydrogen-bond donors (Lipinski definition) is 7. The standard InChI is InChI=1S/C47H80O17P2/c1-3-5-7-8-9-10-11-12-13-14-15-19-22-25-29-33-40(48)59-35-37(36-60-66(57,58)64-47-44(52)42(50)43(51)46(45(47)53)63-65(54,55)56)61-41(49)34-30-26-23-20-17-16-18-21-24-28-32-39-38(62-39)31-27-6-4-2/h9-10,12-13,16,18,20,23-24,28,37-39,42-47,50-53H,3-8,11,14-15,17,19,21-22,25-27,29-36H2,1-2H3,(H,57,58)(H2,54,55,56)/b10-9-,13-12-,18-16-,23-20-,28-24-/t37-,38?,39?,42?,43?,44?,45?,46-,47+/m1/s1. The lowest BCUT2D eigenvalue weighted by atomic mass is 9.85. The van der Waals surface area contributed by atoms with Gasteiger partial charge < -0.3 is 49.3 Å². The lowest BCUT2D eigenvalue weighted by Crippen LogP contribution is -2.64. The first-order chi connectivity index (χ1) is 31.6. The van der Waals surface area contributed by atoms with Crippen LogP contribution in [0.3, 0.4) is 0 Å². The monoisotopic (exact) mass is 978 g/mol. The van der Waals surface area contributed by atoms with Crippen LogP contribution in [0.2, 0.25) is 0 Å². The van der Waals surface area contributed by atoms with Gasteiger partial charge in [-0.15, -0.1) is 0 Å². The van der Waals surface area contributed by atoms with Gasteiger partial charge in [-0.3, -0.25) is 23.2 Å². The van der Waals surface area contributed by atoms with Gasteiger partial charge in [0.1, 0.15) is 43.2 Å². The summed E-state index contributed by atoms with van der Waals surface area (Å²) in [6.45, 7) is 2.98. The topological polar surface area (TPSA) is 269 Å². The number of esters is 2. The van der Waals surface area contributed by atoms with Crippen LogP contribution in [0.4, 0.5) is 0 Å². The molecule has 1 saturated heterocycles. The Balaban J connectivity index is 1.82. The number of carbonyl (C=O) groups excluding carboxylic acids is 2. The Morgan fingerprint density at radius 1 is 0.561 bits per heavy atom. The van der Waals surface area contributed by atoms with Crippen LogP contribution in [0, 0.1) is 0 Å². The smallest absolute Gasteiger partial charge is 0.462 e. The average Bonchev–Trinajstić information content (AvgIpc) is 4.03. The molecule has 2 aliphatic rings. The molecule has 1 heterocycles. The number of aliphatic hydroxyl groups excluding tert-OH is 4. The second-order valence-corrected chi connectivity index (χ2v) is 19.5. The van der Waals surface area contributed by atoms with E-state index in [1.807, 2.05) is 12.2 Å². The summed E-state index contributed by atoms with van der Waals surface area (Å²) in [5.41, 5.74) is 0. The number of unbranched alkanes of at least 4 members (excludes halogenated alkanes) is 11. The number of carbonyl (C=O) groups is 2. The van der Waals surface area contributed by atoms with Crippen LogP contribution >= 0.6 is 15.6 Å². The van der Waals surface area contributed by atoms with Crippen molar-refractivity contribution in [3.8, 4) is 0 Å². The molecular weight excluding hydrogens is 898 g/mol. The fourth-order valence-corrected chi connectivity index (χ4v) is 8.68. The van der Waals surface area contributed by atoms with E-state index in [1.165, 1.54) is 38.5 Å². The van der Waals surface area contributed by atoms with Gasteiger partial charge in [0.2, 0.25) is 0 Å².